The molecule has 11 rings (SSSR count). The molecule has 0 saturated heterocycles. The van der Waals surface area contributed by atoms with Gasteiger partial charge in [0.25, 0.3) is 0 Å². The van der Waals surface area contributed by atoms with E-state index < -0.39 is 11.0 Å². The summed E-state index contributed by atoms with van der Waals surface area (Å²) in [4.78, 5) is 4.91. The summed E-state index contributed by atoms with van der Waals surface area (Å²) in [6.45, 7) is 0. The van der Waals surface area contributed by atoms with Gasteiger partial charge >= 0.3 is 0 Å². The second-order valence-corrected chi connectivity index (χ2v) is 13.7. The number of hydrogen-bond acceptors (Lipinski definition) is 2. The molecule has 2 nitrogen and oxygen atoms in total. The molecule has 0 saturated carbocycles. The van der Waals surface area contributed by atoms with E-state index in [4.69, 9.17) is 0 Å². The lowest BCUT2D eigenvalue weighted by molar-refractivity contribution is 0.504. The standard InChI is InChI=1S/C50H36N2/c1-5-19-38(20-6-1)51(39-21-7-2-8-22-39)40-35-33-37(34-36-40)49-43-27-13-16-30-46(43)50(47-31-17-14-28-44(47)49,48-32-18-15-29-45(48)49)52(41-23-9-3-10-24-41)42-25-11-4-12-26-42/h1-36H. The predicted molar refractivity (Wildman–Crippen MR) is 214 cm³/mol. The summed E-state index contributed by atoms with van der Waals surface area (Å²) in [6.07, 6.45) is 0. The average molecular weight is 665 g/mol. The molecule has 246 valence electrons. The highest BCUT2D eigenvalue weighted by Crippen LogP contribution is 2.66. The first kappa shape index (κ1) is 30.2. The lowest BCUT2D eigenvalue weighted by Crippen LogP contribution is -2.58. The van der Waals surface area contributed by atoms with Gasteiger partial charge in [0.15, 0.2) is 0 Å². The summed E-state index contributed by atoms with van der Waals surface area (Å²) in [5.41, 5.74) is 13.7. The first-order valence-corrected chi connectivity index (χ1v) is 18.0. The van der Waals surface area contributed by atoms with Crippen LogP contribution in [0.4, 0.5) is 28.4 Å². The summed E-state index contributed by atoms with van der Waals surface area (Å²) in [5.74, 6) is 0. The molecule has 8 aromatic carbocycles. The number of para-hydroxylation sites is 4. The lowest BCUT2D eigenvalue weighted by Gasteiger charge is -2.60. The molecule has 0 unspecified atom stereocenters. The van der Waals surface area contributed by atoms with Crippen LogP contribution in [-0.2, 0) is 11.0 Å². The van der Waals surface area contributed by atoms with Crippen LogP contribution in [0.15, 0.2) is 218 Å². The predicted octanol–water partition coefficient (Wildman–Crippen LogP) is 12.3. The van der Waals surface area contributed by atoms with Crippen LogP contribution in [0.2, 0.25) is 0 Å². The second-order valence-electron chi connectivity index (χ2n) is 13.7. The van der Waals surface area contributed by atoms with E-state index in [-0.39, 0.29) is 0 Å². The summed E-state index contributed by atoms with van der Waals surface area (Å²) in [7, 11) is 0. The summed E-state index contributed by atoms with van der Waals surface area (Å²) in [5, 5.41) is 0. The average Bonchev–Trinajstić information content (AvgIpc) is 3.23. The summed E-state index contributed by atoms with van der Waals surface area (Å²) < 4.78 is 0. The van der Waals surface area contributed by atoms with E-state index in [1.54, 1.807) is 0 Å². The Labute approximate surface area is 305 Å². The molecule has 3 aliphatic carbocycles. The maximum atomic E-state index is 2.58. The van der Waals surface area contributed by atoms with Gasteiger partial charge in [0.1, 0.15) is 5.54 Å². The minimum absolute atomic E-state index is 0.520. The van der Waals surface area contributed by atoms with Crippen molar-refractivity contribution in [3.63, 3.8) is 0 Å². The zero-order chi connectivity index (χ0) is 34.5. The molecule has 0 N–H and O–H groups in total. The fraction of sp³-hybridized carbons (Fsp3) is 0.0400. The van der Waals surface area contributed by atoms with Gasteiger partial charge in [-0.05, 0) is 99.6 Å². The van der Waals surface area contributed by atoms with Crippen molar-refractivity contribution in [1.29, 1.82) is 0 Å². The zero-order valence-corrected chi connectivity index (χ0v) is 28.7. The Morgan fingerprint density at radius 3 is 0.904 bits per heavy atom. The van der Waals surface area contributed by atoms with Gasteiger partial charge in [-0.15, -0.1) is 0 Å². The Kier molecular flexibility index (Phi) is 6.97. The number of benzene rings is 8. The van der Waals surface area contributed by atoms with Gasteiger partial charge in [-0.3, -0.25) is 0 Å². The molecule has 0 fully saturated rings. The molecule has 8 aromatic rings. The molecule has 2 bridgehead atoms. The van der Waals surface area contributed by atoms with E-state index in [1.807, 2.05) is 0 Å². The monoisotopic (exact) mass is 664 g/mol. The highest BCUT2D eigenvalue weighted by Gasteiger charge is 2.61. The zero-order valence-electron chi connectivity index (χ0n) is 28.7. The Bertz CT molecular complexity index is 2310. The van der Waals surface area contributed by atoms with Crippen molar-refractivity contribution < 1.29 is 0 Å². The van der Waals surface area contributed by atoms with Crippen LogP contribution in [0, 0.1) is 0 Å². The molecular weight excluding hydrogens is 629 g/mol. The van der Waals surface area contributed by atoms with Crippen LogP contribution >= 0.6 is 0 Å². The lowest BCUT2D eigenvalue weighted by atomic mass is 9.47. The fourth-order valence-corrected chi connectivity index (χ4v) is 9.23. The summed E-state index contributed by atoms with van der Waals surface area (Å²) >= 11 is 0. The molecule has 52 heavy (non-hydrogen) atoms. The first-order valence-electron chi connectivity index (χ1n) is 18.0. The molecule has 0 atom stereocenters. The largest absolute Gasteiger partial charge is 0.323 e. The highest BCUT2D eigenvalue weighted by atomic mass is 15.2. The molecule has 0 aromatic heterocycles. The third-order valence-corrected chi connectivity index (χ3v) is 11.1. The topological polar surface area (TPSA) is 6.48 Å². The molecule has 0 spiro atoms. The van der Waals surface area contributed by atoms with Gasteiger partial charge in [-0.25, -0.2) is 0 Å². The minimum atomic E-state index is -0.619. The maximum Gasteiger partial charge on any atom is 0.122 e. The Morgan fingerprint density at radius 1 is 0.250 bits per heavy atom. The smallest absolute Gasteiger partial charge is 0.122 e. The van der Waals surface area contributed by atoms with Crippen LogP contribution in [0.1, 0.15) is 38.9 Å². The minimum Gasteiger partial charge on any atom is -0.323 e. The first-order chi connectivity index (χ1) is 25.8. The van der Waals surface area contributed by atoms with E-state index in [1.165, 1.54) is 38.9 Å². The van der Waals surface area contributed by atoms with Crippen molar-refractivity contribution in [2.45, 2.75) is 11.0 Å². The molecule has 0 radical (unpaired) electrons. The molecule has 0 amide bonds. The van der Waals surface area contributed by atoms with Crippen molar-refractivity contribution in [2.24, 2.45) is 0 Å². The third kappa shape index (κ3) is 4.18. The van der Waals surface area contributed by atoms with Gasteiger partial charge in [-0.1, -0.05) is 158 Å². The number of hydrogen-bond donors (Lipinski definition) is 0. The van der Waals surface area contributed by atoms with Crippen molar-refractivity contribution in [1.82, 2.24) is 0 Å². The quantitative estimate of drug-likeness (QED) is 0.167. The second kappa shape index (κ2) is 12.0. The van der Waals surface area contributed by atoms with Crippen LogP contribution in [0.5, 0.6) is 0 Å². The Morgan fingerprint density at radius 2 is 0.538 bits per heavy atom. The summed E-state index contributed by atoms with van der Waals surface area (Å²) in [6, 6.07) is 79.9. The van der Waals surface area contributed by atoms with Gasteiger partial charge < -0.3 is 9.80 Å². The van der Waals surface area contributed by atoms with Crippen LogP contribution in [-0.4, -0.2) is 0 Å². The number of rotatable bonds is 7. The van der Waals surface area contributed by atoms with Gasteiger partial charge in [0.05, 0.1) is 5.41 Å². The van der Waals surface area contributed by atoms with Crippen molar-refractivity contribution in [3.05, 3.63) is 257 Å². The van der Waals surface area contributed by atoms with Gasteiger partial charge in [0, 0.05) is 28.4 Å². The maximum absolute atomic E-state index is 2.58. The Balaban J connectivity index is 1.26. The van der Waals surface area contributed by atoms with E-state index in [0.717, 1.165) is 28.4 Å². The van der Waals surface area contributed by atoms with Gasteiger partial charge in [0.2, 0.25) is 0 Å². The molecule has 0 heterocycles. The number of anilines is 5. The van der Waals surface area contributed by atoms with Crippen LogP contribution < -0.4 is 9.80 Å². The Hall–Kier alpha value is -6.64. The van der Waals surface area contributed by atoms with Crippen molar-refractivity contribution >= 4 is 28.4 Å². The van der Waals surface area contributed by atoms with E-state index in [9.17, 15) is 0 Å². The normalized spacial score (nSPS) is 17.8. The van der Waals surface area contributed by atoms with Crippen LogP contribution in [0.3, 0.4) is 0 Å². The van der Waals surface area contributed by atoms with Crippen molar-refractivity contribution in [3.8, 4) is 0 Å². The van der Waals surface area contributed by atoms with Crippen molar-refractivity contribution in [2.75, 3.05) is 9.80 Å². The van der Waals surface area contributed by atoms with Crippen LogP contribution in [0.25, 0.3) is 0 Å². The van der Waals surface area contributed by atoms with Gasteiger partial charge in [-0.2, -0.15) is 0 Å². The third-order valence-electron chi connectivity index (χ3n) is 11.1. The van der Waals surface area contributed by atoms with E-state index in [2.05, 4.69) is 228 Å². The van der Waals surface area contributed by atoms with E-state index >= 15 is 0 Å². The molecule has 2 heteroatoms. The molecule has 3 aliphatic rings. The fourth-order valence-electron chi connectivity index (χ4n) is 9.23. The molecular formula is C50H36N2. The SMILES string of the molecule is c1ccc(N(c2ccccc2)c2ccc(C34c5ccccc5C(N(c5ccccc5)c5ccccc5)(c5ccccc53)c3ccccc34)cc2)cc1. The number of nitrogens with zero attached hydrogens (tertiary/aromatic N) is 2. The highest BCUT2D eigenvalue weighted by molar-refractivity contribution is 5.86. The molecule has 0 aliphatic heterocycles. The van der Waals surface area contributed by atoms with E-state index in [0.29, 0.717) is 0 Å².